The molecule has 1 aliphatic rings. The van der Waals surface area contributed by atoms with Crippen LogP contribution in [0.5, 0.6) is 5.75 Å². The fourth-order valence-corrected chi connectivity index (χ4v) is 4.12. The van der Waals surface area contributed by atoms with Gasteiger partial charge in [0.05, 0.1) is 17.2 Å². The van der Waals surface area contributed by atoms with Gasteiger partial charge in [0.1, 0.15) is 5.75 Å². The van der Waals surface area contributed by atoms with Gasteiger partial charge in [-0.3, -0.25) is 9.59 Å². The molecule has 1 aliphatic heterocycles. The third kappa shape index (κ3) is 3.88. The Balaban J connectivity index is 1.77. The summed E-state index contributed by atoms with van der Waals surface area (Å²) in [5, 5.41) is 2.23. The first-order valence-electron chi connectivity index (χ1n) is 9.26. The van der Waals surface area contributed by atoms with Gasteiger partial charge >= 0.3 is 0 Å². The third-order valence-corrected chi connectivity index (χ3v) is 5.67. The number of thioether (sulfide) groups is 1. The minimum atomic E-state index is -0.350. The van der Waals surface area contributed by atoms with Gasteiger partial charge in [0, 0.05) is 10.6 Å². The van der Waals surface area contributed by atoms with Gasteiger partial charge in [0.15, 0.2) is 0 Å². The molecule has 4 nitrogen and oxygen atoms in total. The first-order chi connectivity index (χ1) is 14.1. The van der Waals surface area contributed by atoms with Crippen LogP contribution in [-0.2, 0) is 4.79 Å². The molecule has 0 bridgehead atoms. The second-order valence-corrected chi connectivity index (χ2v) is 7.97. The number of benzene rings is 3. The fraction of sp³-hybridized carbons (Fsp3) is 0.130. The lowest BCUT2D eigenvalue weighted by Gasteiger charge is -2.13. The number of carbonyl (C=O) groups is 2. The molecule has 1 saturated heterocycles. The standard InChI is InChI=1S/C23H18ClNO3S/c1-2-13-28-20-12-7-15-5-3-4-6-18(15)19(20)14-21-22(26)25(23(27)29-21)17-10-8-16(24)9-11-17/h3-12,14H,2,13H2,1H3/b21-14+. The molecule has 1 fully saturated rings. The SMILES string of the molecule is CCCOc1ccc2ccccc2c1/C=C1/SC(=O)N(c2ccc(Cl)cc2)C1=O. The molecule has 3 aromatic rings. The van der Waals surface area contributed by atoms with Crippen LogP contribution in [0.2, 0.25) is 5.02 Å². The summed E-state index contributed by atoms with van der Waals surface area (Å²) in [6.45, 7) is 2.61. The Labute approximate surface area is 178 Å². The molecule has 4 rings (SSSR count). The molecule has 2 amide bonds. The summed E-state index contributed by atoms with van der Waals surface area (Å²) >= 11 is 6.85. The molecule has 0 unspecified atom stereocenters. The number of nitrogens with zero attached hydrogens (tertiary/aromatic N) is 1. The Bertz CT molecular complexity index is 1120. The highest BCUT2D eigenvalue weighted by molar-refractivity contribution is 8.19. The maximum Gasteiger partial charge on any atom is 0.298 e. The fourth-order valence-electron chi connectivity index (χ4n) is 3.17. The molecule has 6 heteroatoms. The number of hydrogen-bond acceptors (Lipinski definition) is 4. The highest BCUT2D eigenvalue weighted by Gasteiger charge is 2.36. The van der Waals surface area contributed by atoms with E-state index in [9.17, 15) is 9.59 Å². The van der Waals surface area contributed by atoms with Crippen LogP contribution >= 0.6 is 23.4 Å². The second kappa shape index (κ2) is 8.31. The van der Waals surface area contributed by atoms with Gasteiger partial charge in [-0.25, -0.2) is 4.90 Å². The molecule has 29 heavy (non-hydrogen) atoms. The zero-order chi connectivity index (χ0) is 20.4. The van der Waals surface area contributed by atoms with Gasteiger partial charge in [-0.05, 0) is 65.4 Å². The van der Waals surface area contributed by atoms with Crippen molar-refractivity contribution in [3.05, 3.63) is 76.2 Å². The van der Waals surface area contributed by atoms with Crippen LogP contribution in [-0.4, -0.2) is 17.8 Å². The lowest BCUT2D eigenvalue weighted by molar-refractivity contribution is -0.113. The summed E-state index contributed by atoms with van der Waals surface area (Å²) in [5.41, 5.74) is 1.30. The van der Waals surface area contributed by atoms with E-state index in [1.807, 2.05) is 43.3 Å². The number of amides is 2. The molecular weight excluding hydrogens is 406 g/mol. The van der Waals surface area contributed by atoms with Crippen LogP contribution in [0.1, 0.15) is 18.9 Å². The number of halogens is 1. The smallest absolute Gasteiger partial charge is 0.298 e. The number of hydrogen-bond donors (Lipinski definition) is 0. The monoisotopic (exact) mass is 423 g/mol. The molecule has 0 saturated carbocycles. The van der Waals surface area contributed by atoms with E-state index in [1.165, 1.54) is 4.90 Å². The summed E-state index contributed by atoms with van der Waals surface area (Å²) in [5.74, 6) is 0.348. The van der Waals surface area contributed by atoms with Gasteiger partial charge in [0.25, 0.3) is 11.1 Å². The molecule has 146 valence electrons. The Hall–Kier alpha value is -2.76. The molecule has 0 N–H and O–H groups in total. The molecule has 1 heterocycles. The van der Waals surface area contributed by atoms with Crippen molar-refractivity contribution in [2.24, 2.45) is 0 Å². The van der Waals surface area contributed by atoms with Gasteiger partial charge in [-0.1, -0.05) is 48.9 Å². The molecule has 0 radical (unpaired) electrons. The zero-order valence-electron chi connectivity index (χ0n) is 15.7. The normalized spacial score (nSPS) is 15.5. The highest BCUT2D eigenvalue weighted by Crippen LogP contribution is 2.39. The van der Waals surface area contributed by atoms with Crippen LogP contribution in [0, 0.1) is 0 Å². The number of fused-ring (bicyclic) bond motifs is 1. The number of anilines is 1. The summed E-state index contributed by atoms with van der Waals surface area (Å²) in [6.07, 6.45) is 2.63. The van der Waals surface area contributed by atoms with Gasteiger partial charge in [0.2, 0.25) is 0 Å². The highest BCUT2D eigenvalue weighted by atomic mass is 35.5. The topological polar surface area (TPSA) is 46.6 Å². The van der Waals surface area contributed by atoms with Crippen molar-refractivity contribution >= 4 is 57.0 Å². The van der Waals surface area contributed by atoms with E-state index in [0.29, 0.717) is 28.0 Å². The third-order valence-electron chi connectivity index (χ3n) is 4.55. The van der Waals surface area contributed by atoms with E-state index >= 15 is 0 Å². The van der Waals surface area contributed by atoms with E-state index in [4.69, 9.17) is 16.3 Å². The predicted molar refractivity (Wildman–Crippen MR) is 120 cm³/mol. The zero-order valence-corrected chi connectivity index (χ0v) is 17.3. The summed E-state index contributed by atoms with van der Waals surface area (Å²) in [6, 6.07) is 18.5. The minimum absolute atomic E-state index is 0.333. The Morgan fingerprint density at radius 1 is 1.03 bits per heavy atom. The van der Waals surface area contributed by atoms with Crippen molar-refractivity contribution in [3.8, 4) is 5.75 Å². The molecular formula is C23H18ClNO3S. The molecule has 0 spiro atoms. The van der Waals surface area contributed by atoms with Gasteiger partial charge in [-0.15, -0.1) is 0 Å². The lowest BCUT2D eigenvalue weighted by Crippen LogP contribution is -2.27. The maximum absolute atomic E-state index is 13.0. The van der Waals surface area contributed by atoms with E-state index in [0.717, 1.165) is 34.5 Å². The summed E-state index contributed by atoms with van der Waals surface area (Å²) in [4.78, 5) is 27.1. The molecule has 0 atom stereocenters. The number of carbonyl (C=O) groups excluding carboxylic acids is 2. The average Bonchev–Trinajstić information content (AvgIpc) is 3.01. The first kappa shape index (κ1) is 19.6. The lowest BCUT2D eigenvalue weighted by atomic mass is 10.0. The van der Waals surface area contributed by atoms with Crippen LogP contribution in [0.3, 0.4) is 0 Å². The summed E-state index contributed by atoms with van der Waals surface area (Å²) < 4.78 is 5.91. The molecule has 0 aliphatic carbocycles. The van der Waals surface area contributed by atoms with Crippen molar-refractivity contribution in [1.82, 2.24) is 0 Å². The quantitative estimate of drug-likeness (QED) is 0.438. The van der Waals surface area contributed by atoms with E-state index in [1.54, 1.807) is 30.3 Å². The molecule has 3 aromatic carbocycles. The second-order valence-electron chi connectivity index (χ2n) is 6.54. The number of ether oxygens (including phenoxy) is 1. The van der Waals surface area contributed by atoms with E-state index < -0.39 is 0 Å². The van der Waals surface area contributed by atoms with Crippen LogP contribution in [0.4, 0.5) is 10.5 Å². The van der Waals surface area contributed by atoms with Gasteiger partial charge in [-0.2, -0.15) is 0 Å². The van der Waals surface area contributed by atoms with Crippen LogP contribution in [0.25, 0.3) is 16.8 Å². The maximum atomic E-state index is 13.0. The number of rotatable bonds is 5. The van der Waals surface area contributed by atoms with Crippen molar-refractivity contribution in [2.75, 3.05) is 11.5 Å². The van der Waals surface area contributed by atoms with E-state index in [2.05, 4.69) is 0 Å². The van der Waals surface area contributed by atoms with Crippen molar-refractivity contribution in [1.29, 1.82) is 0 Å². The Morgan fingerprint density at radius 2 is 1.79 bits per heavy atom. The average molecular weight is 424 g/mol. The first-order valence-corrected chi connectivity index (χ1v) is 10.5. The van der Waals surface area contributed by atoms with Crippen LogP contribution < -0.4 is 9.64 Å². The van der Waals surface area contributed by atoms with Crippen molar-refractivity contribution in [3.63, 3.8) is 0 Å². The molecule has 0 aromatic heterocycles. The predicted octanol–water partition coefficient (Wildman–Crippen LogP) is 6.52. The van der Waals surface area contributed by atoms with Crippen molar-refractivity contribution < 1.29 is 14.3 Å². The Kier molecular flexibility index (Phi) is 5.60. The van der Waals surface area contributed by atoms with E-state index in [-0.39, 0.29) is 11.1 Å². The Morgan fingerprint density at radius 3 is 2.55 bits per heavy atom. The summed E-state index contributed by atoms with van der Waals surface area (Å²) in [7, 11) is 0. The number of imide groups is 1. The minimum Gasteiger partial charge on any atom is -0.493 e. The van der Waals surface area contributed by atoms with Crippen LogP contribution in [0.15, 0.2) is 65.6 Å². The van der Waals surface area contributed by atoms with Gasteiger partial charge < -0.3 is 4.74 Å². The largest absolute Gasteiger partial charge is 0.493 e. The van der Waals surface area contributed by atoms with Crippen molar-refractivity contribution in [2.45, 2.75) is 13.3 Å².